The van der Waals surface area contributed by atoms with Gasteiger partial charge in [0.1, 0.15) is 11.8 Å². The predicted molar refractivity (Wildman–Crippen MR) is 98.2 cm³/mol. The molecule has 0 saturated carbocycles. The van der Waals surface area contributed by atoms with E-state index in [-0.39, 0.29) is 23.6 Å². The van der Waals surface area contributed by atoms with Crippen molar-refractivity contribution in [2.24, 2.45) is 0 Å². The second-order valence-electron chi connectivity index (χ2n) is 7.36. The van der Waals surface area contributed by atoms with Gasteiger partial charge in [0.15, 0.2) is 11.6 Å². The van der Waals surface area contributed by atoms with Gasteiger partial charge in [0.05, 0.1) is 18.8 Å². The standard InChI is InChI=1S/C21H23FN2O3/c1-15-6-4-8-18(23-15)20(25)24-11-5-10-21(14-24)12-16(13-26-21)27-19-9-3-2-7-17(19)22/h2-4,6-9,16H,5,10-14H2,1H3/t16-,21-/m1/s1. The van der Waals surface area contributed by atoms with Crippen molar-refractivity contribution >= 4 is 5.91 Å². The zero-order valence-electron chi connectivity index (χ0n) is 15.4. The van der Waals surface area contributed by atoms with Crippen LogP contribution in [0.1, 0.15) is 35.4 Å². The Morgan fingerprint density at radius 2 is 2.15 bits per heavy atom. The van der Waals surface area contributed by atoms with Gasteiger partial charge in [-0.2, -0.15) is 0 Å². The molecule has 2 aliphatic rings. The molecular formula is C21H23FN2O3. The number of hydrogen-bond donors (Lipinski definition) is 0. The number of aromatic nitrogens is 1. The van der Waals surface area contributed by atoms with E-state index < -0.39 is 5.60 Å². The topological polar surface area (TPSA) is 51.7 Å². The van der Waals surface area contributed by atoms with Gasteiger partial charge in [-0.25, -0.2) is 9.37 Å². The lowest BCUT2D eigenvalue weighted by Gasteiger charge is -2.39. The van der Waals surface area contributed by atoms with E-state index in [1.54, 1.807) is 24.3 Å². The molecule has 142 valence electrons. The van der Waals surface area contributed by atoms with E-state index in [1.165, 1.54) is 6.07 Å². The van der Waals surface area contributed by atoms with Crippen LogP contribution in [-0.4, -0.2) is 47.2 Å². The molecule has 2 atom stereocenters. The van der Waals surface area contributed by atoms with Gasteiger partial charge in [0.2, 0.25) is 0 Å². The van der Waals surface area contributed by atoms with Crippen LogP contribution in [0.3, 0.4) is 0 Å². The van der Waals surface area contributed by atoms with Crippen LogP contribution in [-0.2, 0) is 4.74 Å². The molecule has 1 aromatic carbocycles. The first kappa shape index (κ1) is 17.9. The third kappa shape index (κ3) is 3.81. The number of piperidine rings is 1. The van der Waals surface area contributed by atoms with E-state index in [4.69, 9.17) is 9.47 Å². The zero-order valence-corrected chi connectivity index (χ0v) is 15.4. The fourth-order valence-corrected chi connectivity index (χ4v) is 3.98. The van der Waals surface area contributed by atoms with Crippen LogP contribution in [0.15, 0.2) is 42.5 Å². The van der Waals surface area contributed by atoms with Crippen molar-refractivity contribution in [3.8, 4) is 5.75 Å². The number of pyridine rings is 1. The summed E-state index contributed by atoms with van der Waals surface area (Å²) in [6.07, 6.45) is 2.17. The van der Waals surface area contributed by atoms with Crippen LogP contribution in [0.5, 0.6) is 5.75 Å². The molecular weight excluding hydrogens is 347 g/mol. The van der Waals surface area contributed by atoms with Crippen LogP contribution in [0.4, 0.5) is 4.39 Å². The molecule has 2 aromatic rings. The van der Waals surface area contributed by atoms with E-state index in [1.807, 2.05) is 24.0 Å². The summed E-state index contributed by atoms with van der Waals surface area (Å²) in [6.45, 7) is 3.48. The number of amides is 1. The van der Waals surface area contributed by atoms with E-state index in [0.717, 1.165) is 18.5 Å². The Morgan fingerprint density at radius 3 is 2.96 bits per heavy atom. The second-order valence-corrected chi connectivity index (χ2v) is 7.36. The molecule has 0 aliphatic carbocycles. The van der Waals surface area contributed by atoms with Gasteiger partial charge in [-0.05, 0) is 44.0 Å². The van der Waals surface area contributed by atoms with Crippen molar-refractivity contribution in [3.05, 3.63) is 59.7 Å². The number of rotatable bonds is 3. The summed E-state index contributed by atoms with van der Waals surface area (Å²) < 4.78 is 25.7. The van der Waals surface area contributed by atoms with Crippen LogP contribution in [0.2, 0.25) is 0 Å². The molecule has 27 heavy (non-hydrogen) atoms. The highest BCUT2D eigenvalue weighted by Gasteiger charge is 2.45. The number of nitrogens with zero attached hydrogens (tertiary/aromatic N) is 2. The number of benzene rings is 1. The molecule has 3 heterocycles. The first-order valence-electron chi connectivity index (χ1n) is 9.33. The summed E-state index contributed by atoms with van der Waals surface area (Å²) >= 11 is 0. The number of likely N-dealkylation sites (tertiary alicyclic amines) is 1. The number of ether oxygens (including phenoxy) is 2. The summed E-state index contributed by atoms with van der Waals surface area (Å²) in [5, 5.41) is 0. The third-order valence-electron chi connectivity index (χ3n) is 5.24. The van der Waals surface area contributed by atoms with E-state index >= 15 is 0 Å². The maximum Gasteiger partial charge on any atom is 0.272 e. The molecule has 4 rings (SSSR count). The number of carbonyl (C=O) groups is 1. The molecule has 0 bridgehead atoms. The lowest BCUT2D eigenvalue weighted by atomic mass is 9.89. The van der Waals surface area contributed by atoms with Crippen LogP contribution < -0.4 is 4.74 Å². The Morgan fingerprint density at radius 1 is 1.30 bits per heavy atom. The average molecular weight is 370 g/mol. The summed E-state index contributed by atoms with van der Waals surface area (Å²) in [6, 6.07) is 11.9. The lowest BCUT2D eigenvalue weighted by molar-refractivity contribution is -0.0454. The highest BCUT2D eigenvalue weighted by atomic mass is 19.1. The van der Waals surface area contributed by atoms with Crippen molar-refractivity contribution in [1.29, 1.82) is 0 Å². The average Bonchev–Trinajstić information content (AvgIpc) is 3.05. The number of halogens is 1. The third-order valence-corrected chi connectivity index (χ3v) is 5.24. The summed E-state index contributed by atoms with van der Waals surface area (Å²) in [4.78, 5) is 19.0. The molecule has 6 heteroatoms. The first-order valence-corrected chi connectivity index (χ1v) is 9.33. The normalized spacial score (nSPS) is 25.0. The van der Waals surface area contributed by atoms with Crippen molar-refractivity contribution in [2.75, 3.05) is 19.7 Å². The van der Waals surface area contributed by atoms with Gasteiger partial charge in [-0.1, -0.05) is 18.2 Å². The maximum atomic E-state index is 13.8. The molecule has 1 aromatic heterocycles. The van der Waals surface area contributed by atoms with E-state index in [0.29, 0.717) is 31.8 Å². The van der Waals surface area contributed by atoms with Gasteiger partial charge in [0.25, 0.3) is 5.91 Å². The van der Waals surface area contributed by atoms with Crippen molar-refractivity contribution in [1.82, 2.24) is 9.88 Å². The fourth-order valence-electron chi connectivity index (χ4n) is 3.98. The minimum Gasteiger partial charge on any atom is -0.485 e. The zero-order chi connectivity index (χ0) is 18.9. The molecule has 1 spiro atoms. The summed E-state index contributed by atoms with van der Waals surface area (Å²) in [5.74, 6) is -0.194. The van der Waals surface area contributed by atoms with Gasteiger partial charge in [-0.3, -0.25) is 4.79 Å². The predicted octanol–water partition coefficient (Wildman–Crippen LogP) is 3.37. The summed E-state index contributed by atoms with van der Waals surface area (Å²) in [5.41, 5.74) is 0.862. The van der Waals surface area contributed by atoms with Crippen molar-refractivity contribution in [3.63, 3.8) is 0 Å². The molecule has 0 N–H and O–H groups in total. The van der Waals surface area contributed by atoms with Gasteiger partial charge >= 0.3 is 0 Å². The van der Waals surface area contributed by atoms with Crippen molar-refractivity contribution < 1.29 is 18.7 Å². The van der Waals surface area contributed by atoms with Crippen LogP contribution in [0, 0.1) is 12.7 Å². The maximum absolute atomic E-state index is 13.8. The highest BCUT2D eigenvalue weighted by molar-refractivity contribution is 5.92. The molecule has 2 saturated heterocycles. The second kappa shape index (κ2) is 7.27. The number of para-hydroxylation sites is 1. The van der Waals surface area contributed by atoms with Gasteiger partial charge in [-0.15, -0.1) is 0 Å². The van der Waals surface area contributed by atoms with Gasteiger partial charge < -0.3 is 14.4 Å². The monoisotopic (exact) mass is 370 g/mol. The minimum absolute atomic E-state index is 0.0696. The van der Waals surface area contributed by atoms with E-state index in [2.05, 4.69) is 4.98 Å². The smallest absolute Gasteiger partial charge is 0.272 e. The number of hydrogen-bond acceptors (Lipinski definition) is 4. The highest BCUT2D eigenvalue weighted by Crippen LogP contribution is 2.37. The van der Waals surface area contributed by atoms with Crippen molar-refractivity contribution in [2.45, 2.75) is 37.9 Å². The minimum atomic E-state index is -0.423. The largest absolute Gasteiger partial charge is 0.485 e. The Bertz CT molecular complexity index is 844. The Hall–Kier alpha value is -2.47. The number of aryl methyl sites for hydroxylation is 1. The summed E-state index contributed by atoms with van der Waals surface area (Å²) in [7, 11) is 0. The molecule has 5 nitrogen and oxygen atoms in total. The SMILES string of the molecule is Cc1cccc(C(=O)N2CCC[C@@]3(C[C@@H](Oc4ccccc4F)CO3)C2)n1. The van der Waals surface area contributed by atoms with E-state index in [9.17, 15) is 9.18 Å². The first-order chi connectivity index (χ1) is 13.0. The molecule has 0 radical (unpaired) electrons. The Labute approximate surface area is 158 Å². The van der Waals surface area contributed by atoms with Crippen LogP contribution >= 0.6 is 0 Å². The Balaban J connectivity index is 1.43. The molecule has 2 aliphatic heterocycles. The lowest BCUT2D eigenvalue weighted by Crippen LogP contribution is -2.50. The molecule has 0 unspecified atom stereocenters. The quantitative estimate of drug-likeness (QED) is 0.831. The Kier molecular flexibility index (Phi) is 4.83. The molecule has 2 fully saturated rings. The molecule has 1 amide bonds. The van der Waals surface area contributed by atoms with Crippen LogP contribution in [0.25, 0.3) is 0 Å². The number of carbonyl (C=O) groups excluding carboxylic acids is 1. The fraction of sp³-hybridized carbons (Fsp3) is 0.429. The van der Waals surface area contributed by atoms with Gasteiger partial charge in [0, 0.05) is 18.7 Å².